The van der Waals surface area contributed by atoms with Crippen molar-refractivity contribution in [2.24, 2.45) is 5.92 Å². The van der Waals surface area contributed by atoms with E-state index in [1.807, 2.05) is 0 Å². The van der Waals surface area contributed by atoms with E-state index in [1.54, 1.807) is 6.07 Å². The highest BCUT2D eigenvalue weighted by Gasteiger charge is 2.30. The Morgan fingerprint density at radius 2 is 1.91 bits per heavy atom. The van der Waals surface area contributed by atoms with Crippen molar-refractivity contribution in [3.8, 4) is 0 Å². The maximum absolute atomic E-state index is 12.7. The second-order valence-electron chi connectivity index (χ2n) is 5.80. The van der Waals surface area contributed by atoms with Gasteiger partial charge in [0.1, 0.15) is 0 Å². The number of rotatable bonds is 3. The predicted molar refractivity (Wildman–Crippen MR) is 86.8 cm³/mol. The minimum Gasteiger partial charge on any atom is -0.360 e. The highest BCUT2D eigenvalue weighted by atomic mass is 32.1. The Morgan fingerprint density at radius 1 is 1.23 bits per heavy atom. The minimum atomic E-state index is -4.34. The summed E-state index contributed by atoms with van der Waals surface area (Å²) < 4.78 is 38.0. The SMILES string of the molecule is CCC1CCC(NC(=S)Nc2cccc(C(F)(F)F)c2)CC1. The van der Waals surface area contributed by atoms with Crippen molar-refractivity contribution >= 4 is 23.0 Å². The number of benzene rings is 1. The first-order valence-electron chi connectivity index (χ1n) is 7.63. The first-order valence-corrected chi connectivity index (χ1v) is 8.04. The maximum atomic E-state index is 12.7. The van der Waals surface area contributed by atoms with Crippen LogP contribution in [0.25, 0.3) is 0 Å². The van der Waals surface area contributed by atoms with Gasteiger partial charge in [0.15, 0.2) is 5.11 Å². The van der Waals surface area contributed by atoms with Gasteiger partial charge in [0.05, 0.1) is 5.56 Å². The fourth-order valence-electron chi connectivity index (χ4n) is 2.84. The monoisotopic (exact) mass is 330 g/mol. The third-order valence-electron chi connectivity index (χ3n) is 4.21. The Bertz CT molecular complexity index is 508. The molecule has 0 atom stereocenters. The van der Waals surface area contributed by atoms with E-state index in [0.717, 1.165) is 30.9 Å². The molecule has 2 rings (SSSR count). The van der Waals surface area contributed by atoms with Gasteiger partial charge < -0.3 is 10.6 Å². The molecule has 2 N–H and O–H groups in total. The summed E-state index contributed by atoms with van der Waals surface area (Å²) in [6.45, 7) is 2.21. The van der Waals surface area contributed by atoms with Gasteiger partial charge in [0.25, 0.3) is 0 Å². The van der Waals surface area contributed by atoms with Gasteiger partial charge in [-0.05, 0) is 62.0 Å². The standard InChI is InChI=1S/C16H21F3N2S/c1-2-11-6-8-13(9-7-11)20-15(22)21-14-5-3-4-12(10-14)16(17,18)19/h3-5,10-11,13H,2,6-9H2,1H3,(H2,20,21,22). The van der Waals surface area contributed by atoms with E-state index in [-0.39, 0.29) is 0 Å². The molecule has 0 heterocycles. The molecular weight excluding hydrogens is 309 g/mol. The lowest BCUT2D eigenvalue weighted by molar-refractivity contribution is -0.137. The van der Waals surface area contributed by atoms with Crippen LogP contribution in [-0.2, 0) is 6.18 Å². The molecule has 1 aromatic rings. The molecule has 0 bridgehead atoms. The lowest BCUT2D eigenvalue weighted by Crippen LogP contribution is -2.40. The molecule has 0 aliphatic heterocycles. The van der Waals surface area contributed by atoms with E-state index in [4.69, 9.17) is 12.2 Å². The number of hydrogen-bond donors (Lipinski definition) is 2. The Morgan fingerprint density at radius 3 is 2.50 bits per heavy atom. The average Bonchev–Trinajstić information content (AvgIpc) is 2.47. The van der Waals surface area contributed by atoms with Crippen LogP contribution in [0, 0.1) is 5.92 Å². The van der Waals surface area contributed by atoms with Crippen molar-refractivity contribution in [1.29, 1.82) is 0 Å². The molecule has 0 amide bonds. The largest absolute Gasteiger partial charge is 0.416 e. The molecule has 122 valence electrons. The highest BCUT2D eigenvalue weighted by Crippen LogP contribution is 2.30. The lowest BCUT2D eigenvalue weighted by atomic mass is 9.85. The van der Waals surface area contributed by atoms with Gasteiger partial charge >= 0.3 is 6.18 Å². The summed E-state index contributed by atoms with van der Waals surface area (Å²) in [5.74, 6) is 0.794. The summed E-state index contributed by atoms with van der Waals surface area (Å²) in [6, 6.07) is 5.39. The smallest absolute Gasteiger partial charge is 0.360 e. The molecule has 1 aromatic carbocycles. The normalized spacial score (nSPS) is 22.2. The van der Waals surface area contributed by atoms with E-state index in [0.29, 0.717) is 16.8 Å². The van der Waals surface area contributed by atoms with Crippen molar-refractivity contribution in [2.75, 3.05) is 5.32 Å². The molecule has 0 radical (unpaired) electrons. The molecular formula is C16H21F3N2S. The third-order valence-corrected chi connectivity index (χ3v) is 4.43. The van der Waals surface area contributed by atoms with Crippen molar-refractivity contribution < 1.29 is 13.2 Å². The second kappa shape index (κ2) is 7.31. The fraction of sp³-hybridized carbons (Fsp3) is 0.562. The molecule has 1 fully saturated rings. The number of hydrogen-bond acceptors (Lipinski definition) is 1. The molecule has 0 aromatic heterocycles. The van der Waals surface area contributed by atoms with E-state index in [1.165, 1.54) is 25.3 Å². The molecule has 0 spiro atoms. The topological polar surface area (TPSA) is 24.1 Å². The third kappa shape index (κ3) is 4.87. The van der Waals surface area contributed by atoms with Crippen LogP contribution >= 0.6 is 12.2 Å². The van der Waals surface area contributed by atoms with Crippen LogP contribution in [0.1, 0.15) is 44.6 Å². The zero-order valence-corrected chi connectivity index (χ0v) is 13.4. The summed E-state index contributed by atoms with van der Waals surface area (Å²) in [7, 11) is 0. The van der Waals surface area contributed by atoms with Crippen LogP contribution < -0.4 is 10.6 Å². The number of alkyl halides is 3. The summed E-state index contributed by atoms with van der Waals surface area (Å²) >= 11 is 5.21. The molecule has 1 aliphatic rings. The van der Waals surface area contributed by atoms with Crippen LogP contribution in [0.4, 0.5) is 18.9 Å². The van der Waals surface area contributed by atoms with Gasteiger partial charge in [0.2, 0.25) is 0 Å². The Balaban J connectivity index is 1.87. The van der Waals surface area contributed by atoms with E-state index in [9.17, 15) is 13.2 Å². The van der Waals surface area contributed by atoms with Crippen molar-refractivity contribution in [3.05, 3.63) is 29.8 Å². The van der Waals surface area contributed by atoms with Gasteiger partial charge in [-0.15, -0.1) is 0 Å². The van der Waals surface area contributed by atoms with Crippen LogP contribution in [0.15, 0.2) is 24.3 Å². The minimum absolute atomic E-state index is 0.314. The summed E-state index contributed by atoms with van der Waals surface area (Å²) in [6.07, 6.45) is 1.34. The van der Waals surface area contributed by atoms with Gasteiger partial charge in [-0.1, -0.05) is 19.4 Å². The first kappa shape index (κ1) is 17.1. The van der Waals surface area contributed by atoms with Crippen molar-refractivity contribution in [1.82, 2.24) is 5.32 Å². The zero-order chi connectivity index (χ0) is 16.2. The zero-order valence-electron chi connectivity index (χ0n) is 12.5. The highest BCUT2D eigenvalue weighted by molar-refractivity contribution is 7.80. The molecule has 6 heteroatoms. The first-order chi connectivity index (χ1) is 10.4. The molecule has 0 saturated heterocycles. The quantitative estimate of drug-likeness (QED) is 0.766. The Hall–Kier alpha value is -1.30. The average molecular weight is 330 g/mol. The van der Waals surface area contributed by atoms with E-state index >= 15 is 0 Å². The lowest BCUT2D eigenvalue weighted by Gasteiger charge is -2.29. The number of thiocarbonyl (C=S) groups is 1. The summed E-state index contributed by atoms with van der Waals surface area (Å²) in [5, 5.41) is 6.44. The molecule has 0 unspecified atom stereocenters. The fourth-order valence-corrected chi connectivity index (χ4v) is 3.13. The van der Waals surface area contributed by atoms with E-state index < -0.39 is 11.7 Å². The van der Waals surface area contributed by atoms with Crippen molar-refractivity contribution in [2.45, 2.75) is 51.2 Å². The molecule has 2 nitrogen and oxygen atoms in total. The number of anilines is 1. The Kier molecular flexibility index (Phi) is 5.67. The molecule has 1 saturated carbocycles. The van der Waals surface area contributed by atoms with Gasteiger partial charge in [-0.3, -0.25) is 0 Å². The molecule has 22 heavy (non-hydrogen) atoms. The number of halogens is 3. The van der Waals surface area contributed by atoms with Gasteiger partial charge in [0, 0.05) is 11.7 Å². The second-order valence-corrected chi connectivity index (χ2v) is 6.21. The van der Waals surface area contributed by atoms with Crippen LogP contribution in [0.3, 0.4) is 0 Å². The van der Waals surface area contributed by atoms with Gasteiger partial charge in [-0.25, -0.2) is 0 Å². The molecule has 1 aliphatic carbocycles. The maximum Gasteiger partial charge on any atom is 0.416 e. The van der Waals surface area contributed by atoms with Gasteiger partial charge in [-0.2, -0.15) is 13.2 Å². The Labute approximate surface area is 134 Å². The van der Waals surface area contributed by atoms with Crippen LogP contribution in [0.5, 0.6) is 0 Å². The number of nitrogens with one attached hydrogen (secondary N) is 2. The predicted octanol–water partition coefficient (Wildman–Crippen LogP) is 4.96. The van der Waals surface area contributed by atoms with Crippen molar-refractivity contribution in [3.63, 3.8) is 0 Å². The van der Waals surface area contributed by atoms with Crippen LogP contribution in [0.2, 0.25) is 0 Å². The summed E-state index contributed by atoms with van der Waals surface area (Å²) in [5.41, 5.74) is -0.321. The van der Waals surface area contributed by atoms with E-state index in [2.05, 4.69) is 17.6 Å². The van der Waals surface area contributed by atoms with Crippen LogP contribution in [-0.4, -0.2) is 11.2 Å². The summed E-state index contributed by atoms with van der Waals surface area (Å²) in [4.78, 5) is 0.